The Bertz CT molecular complexity index is 1620. The summed E-state index contributed by atoms with van der Waals surface area (Å²) in [7, 11) is 0. The molecule has 7 heterocycles. The van der Waals surface area contributed by atoms with E-state index in [1.54, 1.807) is 48.7 Å². The molecule has 1 atom stereocenters. The lowest BCUT2D eigenvalue weighted by atomic mass is 10.0. The summed E-state index contributed by atoms with van der Waals surface area (Å²) in [6, 6.07) is 22.6. The molecule has 7 aromatic rings. The second-order valence-corrected chi connectivity index (χ2v) is 14.0. The van der Waals surface area contributed by atoms with Gasteiger partial charge in [0.2, 0.25) is 0 Å². The number of amides is 2. The quantitative estimate of drug-likeness (QED) is 0.142. The van der Waals surface area contributed by atoms with Crippen LogP contribution in [-0.4, -0.2) is 24.9 Å². The van der Waals surface area contributed by atoms with Crippen LogP contribution in [0.15, 0.2) is 160 Å². The van der Waals surface area contributed by atoms with E-state index in [9.17, 15) is 9.59 Å². The zero-order valence-corrected chi connectivity index (χ0v) is 34.6. The van der Waals surface area contributed by atoms with E-state index < -0.39 is 0 Å². The topological polar surface area (TPSA) is 111 Å². The highest BCUT2D eigenvalue weighted by Gasteiger charge is 2.21. The van der Waals surface area contributed by atoms with Crippen molar-refractivity contribution in [1.82, 2.24) is 10.6 Å². The Morgan fingerprint density at radius 1 is 0.642 bits per heavy atom. The molecule has 12 heteroatoms. The van der Waals surface area contributed by atoms with Crippen molar-refractivity contribution in [2.75, 3.05) is 13.1 Å². The van der Waals surface area contributed by atoms with Crippen molar-refractivity contribution in [2.24, 2.45) is 0 Å². The van der Waals surface area contributed by atoms with E-state index in [2.05, 4.69) is 43.6 Å². The first-order valence-electron chi connectivity index (χ1n) is 16.9. The summed E-state index contributed by atoms with van der Waals surface area (Å²) in [5.74, 6) is 2.22. The first-order chi connectivity index (χ1) is 25.9. The average molecular weight is 840 g/mol. The number of carbonyl (C=O) groups is 2. The molecule has 0 fully saturated rings. The summed E-state index contributed by atoms with van der Waals surface area (Å²) in [6.45, 7) is 14.3. The molecule has 2 amide bonds. The van der Waals surface area contributed by atoms with Crippen molar-refractivity contribution in [3.63, 3.8) is 0 Å². The van der Waals surface area contributed by atoms with Crippen LogP contribution in [0, 0.1) is 0 Å². The lowest BCUT2D eigenvalue weighted by Gasteiger charge is -2.13. The lowest BCUT2D eigenvalue weighted by Crippen LogP contribution is -2.28. The van der Waals surface area contributed by atoms with E-state index in [4.69, 9.17) is 13.3 Å². The average Bonchev–Trinajstić information content (AvgIpc) is 4.05. The Morgan fingerprint density at radius 2 is 1.08 bits per heavy atom. The third-order valence-electron chi connectivity index (χ3n) is 6.47. The summed E-state index contributed by atoms with van der Waals surface area (Å²) >= 11 is 7.77. The number of carbonyl (C=O) groups excluding carboxylic acids is 2. The van der Waals surface area contributed by atoms with E-state index in [1.165, 1.54) is 27.6 Å². The van der Waals surface area contributed by atoms with Gasteiger partial charge in [0.1, 0.15) is 17.3 Å². The minimum absolute atomic E-state index is 0.0423. The number of nitrogens with one attached hydrogen (secondary N) is 2. The third kappa shape index (κ3) is 16.7. The second kappa shape index (κ2) is 27.1. The predicted molar refractivity (Wildman–Crippen MR) is 223 cm³/mol. The number of allylic oxidation sites excluding steroid dienone is 1. The van der Waals surface area contributed by atoms with Gasteiger partial charge in [-0.3, -0.25) is 9.59 Å². The number of rotatable bonds is 10. The van der Waals surface area contributed by atoms with Crippen LogP contribution in [0.4, 0.5) is 0 Å². The Labute approximate surface area is 332 Å². The summed E-state index contributed by atoms with van der Waals surface area (Å²) in [4.78, 5) is 25.2. The highest BCUT2D eigenvalue weighted by Crippen LogP contribution is 2.28. The lowest BCUT2D eigenvalue weighted by molar-refractivity contribution is 0.0943. The molecule has 8 nitrogen and oxygen atoms in total. The first-order valence-corrected chi connectivity index (χ1v) is 20.5. The Balaban J connectivity index is 0.000000277. The SMILES string of the molecule is C=C(C)Br.CC.CC.O=C(NCC(c1ccco1)c1ccco1)c1ccsc1.O=C(NCC(c1ccco1)c1cccs1)c1ccsc1.c1ccoc1. The molecule has 53 heavy (non-hydrogen) atoms. The molecule has 0 aliphatic heterocycles. The van der Waals surface area contributed by atoms with Gasteiger partial charge in [-0.2, -0.15) is 22.7 Å². The molecule has 7 rings (SSSR count). The molecule has 0 aliphatic rings. The molecule has 0 aliphatic carbocycles. The standard InChI is InChI=1S/C15H13NO3S.C15H13NO2S2.C4H4O.C3H5Br.2C2H6/c17-15(11-5-8-20-10-11)16-9-12(13-3-1-6-18-13)14-4-2-7-19-14;17-15(11-5-8-19-10-11)16-9-12(13-3-1-6-18-13)14-4-2-7-20-14;1-2-4-5-3-1;1-3(2)4;2*1-2/h2*1-8,10,12H,9H2,(H,16,17);1-4H;1H2,2H3;2*1-2H3. The van der Waals surface area contributed by atoms with Crippen molar-refractivity contribution >= 4 is 61.8 Å². The molecule has 0 saturated carbocycles. The van der Waals surface area contributed by atoms with Crippen molar-refractivity contribution in [3.05, 3.63) is 175 Å². The molecule has 0 spiro atoms. The first kappa shape index (κ1) is 44.5. The van der Waals surface area contributed by atoms with E-state index in [-0.39, 0.29) is 23.7 Å². The number of furan rings is 4. The molecular formula is C41H47BrN2O6S3. The summed E-state index contributed by atoms with van der Waals surface area (Å²) in [5.41, 5.74) is 1.38. The molecule has 2 N–H and O–H groups in total. The van der Waals surface area contributed by atoms with Gasteiger partial charge in [0.15, 0.2) is 0 Å². The van der Waals surface area contributed by atoms with Gasteiger partial charge in [-0.25, -0.2) is 0 Å². The molecule has 1 unspecified atom stereocenters. The molecule has 0 saturated heterocycles. The highest BCUT2D eigenvalue weighted by molar-refractivity contribution is 9.11. The highest BCUT2D eigenvalue weighted by atomic mass is 79.9. The largest absolute Gasteiger partial charge is 0.473 e. The molecule has 0 bridgehead atoms. The number of hydrogen-bond donors (Lipinski definition) is 2. The third-order valence-corrected chi connectivity index (χ3v) is 8.82. The second-order valence-electron chi connectivity index (χ2n) is 10.1. The molecule has 7 aromatic heterocycles. The fourth-order valence-electron chi connectivity index (χ4n) is 4.25. The van der Waals surface area contributed by atoms with Crippen LogP contribution in [0.5, 0.6) is 0 Å². The fraction of sp³-hybridized carbons (Fsp3) is 0.220. The fourth-order valence-corrected chi connectivity index (χ4v) is 6.36. The van der Waals surface area contributed by atoms with E-state index in [0.717, 1.165) is 21.8 Å². The minimum Gasteiger partial charge on any atom is -0.473 e. The van der Waals surface area contributed by atoms with Gasteiger partial charge >= 0.3 is 0 Å². The van der Waals surface area contributed by atoms with Crippen molar-refractivity contribution in [2.45, 2.75) is 46.5 Å². The van der Waals surface area contributed by atoms with E-state index in [0.29, 0.717) is 24.2 Å². The van der Waals surface area contributed by atoms with Crippen LogP contribution in [-0.2, 0) is 0 Å². The Hall–Kier alpha value is -4.62. The predicted octanol–water partition coefficient (Wildman–Crippen LogP) is 12.7. The summed E-state index contributed by atoms with van der Waals surface area (Å²) in [6.07, 6.45) is 8.15. The molecular weight excluding hydrogens is 793 g/mol. The van der Waals surface area contributed by atoms with Crippen LogP contribution < -0.4 is 10.6 Å². The Morgan fingerprint density at radius 3 is 1.40 bits per heavy atom. The van der Waals surface area contributed by atoms with Gasteiger partial charge in [-0.1, -0.05) is 56.3 Å². The maximum absolute atomic E-state index is 12.0. The zero-order valence-electron chi connectivity index (χ0n) is 30.5. The van der Waals surface area contributed by atoms with Gasteiger partial charge in [-0.05, 0) is 94.3 Å². The zero-order chi connectivity index (χ0) is 38.7. The summed E-state index contributed by atoms with van der Waals surface area (Å²) < 4.78 is 21.9. The van der Waals surface area contributed by atoms with Crippen molar-refractivity contribution in [3.8, 4) is 0 Å². The van der Waals surface area contributed by atoms with E-state index >= 15 is 0 Å². The Kier molecular flexibility index (Phi) is 22.7. The van der Waals surface area contributed by atoms with E-state index in [1.807, 2.05) is 122 Å². The molecule has 0 aromatic carbocycles. The number of hydrogen-bond acceptors (Lipinski definition) is 9. The van der Waals surface area contributed by atoms with Gasteiger partial charge in [0.05, 0.1) is 43.2 Å². The van der Waals surface area contributed by atoms with Crippen LogP contribution >= 0.6 is 49.9 Å². The maximum atomic E-state index is 12.0. The minimum atomic E-state index is -0.123. The van der Waals surface area contributed by atoms with Gasteiger partial charge in [0, 0.05) is 39.9 Å². The van der Waals surface area contributed by atoms with Gasteiger partial charge in [0.25, 0.3) is 11.8 Å². The smallest absolute Gasteiger partial charge is 0.252 e. The monoisotopic (exact) mass is 838 g/mol. The van der Waals surface area contributed by atoms with Crippen molar-refractivity contribution < 1.29 is 27.3 Å². The number of thiophene rings is 3. The van der Waals surface area contributed by atoms with Crippen LogP contribution in [0.2, 0.25) is 0 Å². The molecule has 0 radical (unpaired) electrons. The normalized spacial score (nSPS) is 10.2. The van der Waals surface area contributed by atoms with Crippen LogP contribution in [0.3, 0.4) is 0 Å². The van der Waals surface area contributed by atoms with Crippen LogP contribution in [0.25, 0.3) is 0 Å². The molecule has 282 valence electrons. The van der Waals surface area contributed by atoms with Crippen molar-refractivity contribution in [1.29, 1.82) is 0 Å². The summed E-state index contributed by atoms with van der Waals surface area (Å²) in [5, 5.41) is 15.4. The number of halogens is 1. The van der Waals surface area contributed by atoms with Gasteiger partial charge < -0.3 is 28.3 Å². The maximum Gasteiger partial charge on any atom is 0.252 e. The van der Waals surface area contributed by atoms with Crippen LogP contribution in [0.1, 0.15) is 89.3 Å². The van der Waals surface area contributed by atoms with Gasteiger partial charge in [-0.15, -0.1) is 11.3 Å².